The molecule has 1 aromatic rings. The van der Waals surface area contributed by atoms with Crippen LogP contribution in [0.4, 0.5) is 18.0 Å². The van der Waals surface area contributed by atoms with Gasteiger partial charge in [0.25, 0.3) is 0 Å². The number of ether oxygens (including phenoxy) is 1. The zero-order chi connectivity index (χ0) is 13.9. The van der Waals surface area contributed by atoms with Gasteiger partial charge >= 0.3 is 12.3 Å². The van der Waals surface area contributed by atoms with Gasteiger partial charge in [-0.25, -0.2) is 10.3 Å². The van der Waals surface area contributed by atoms with Crippen molar-refractivity contribution < 1.29 is 28.0 Å². The monoisotopic (exact) mass is 326 g/mol. The molecule has 0 aromatic carbocycles. The standard InChI is InChI=1S/C9H7BrF3N3O2/c1-15-8(17)18-7(14)4-2-5(10)6(16-3-4)9(11,12)13/h2-3,14H,1H3,(H,15,17)/p+1. The minimum Gasteiger partial charge on any atom is -0.362 e. The first-order valence-corrected chi connectivity index (χ1v) is 5.38. The summed E-state index contributed by atoms with van der Waals surface area (Å²) in [5.41, 5.74) is -1.14. The van der Waals surface area contributed by atoms with Gasteiger partial charge < -0.3 is 4.74 Å². The Morgan fingerprint density at radius 2 is 2.17 bits per heavy atom. The summed E-state index contributed by atoms with van der Waals surface area (Å²) in [5, 5.41) is 8.47. The number of hydrogen-bond donors (Lipinski definition) is 2. The molecule has 0 atom stereocenters. The molecule has 98 valence electrons. The number of rotatable bonds is 1. The second kappa shape index (κ2) is 5.44. The smallest absolute Gasteiger partial charge is 0.362 e. The highest BCUT2D eigenvalue weighted by atomic mass is 79.9. The molecule has 0 radical (unpaired) electrons. The van der Waals surface area contributed by atoms with E-state index in [1.165, 1.54) is 7.05 Å². The van der Waals surface area contributed by atoms with Crippen molar-refractivity contribution in [3.8, 4) is 0 Å². The number of aromatic nitrogens is 1. The maximum atomic E-state index is 12.4. The van der Waals surface area contributed by atoms with E-state index in [0.717, 1.165) is 17.6 Å². The fourth-order valence-electron chi connectivity index (χ4n) is 0.989. The summed E-state index contributed by atoms with van der Waals surface area (Å²) < 4.78 is 41.4. The topological polar surface area (TPSA) is 79.6 Å². The first-order chi connectivity index (χ1) is 8.25. The van der Waals surface area contributed by atoms with Gasteiger partial charge in [0.05, 0.1) is 12.6 Å². The molecule has 0 saturated carbocycles. The molecule has 1 amide bonds. The van der Waals surface area contributed by atoms with Crippen LogP contribution >= 0.6 is 15.9 Å². The molecule has 1 rings (SSSR count). The Morgan fingerprint density at radius 1 is 1.56 bits per heavy atom. The van der Waals surface area contributed by atoms with Crippen molar-refractivity contribution in [2.75, 3.05) is 7.05 Å². The molecular formula is C9H8BrF3N3O2+. The van der Waals surface area contributed by atoms with Crippen LogP contribution in [0.15, 0.2) is 16.7 Å². The normalized spacial score (nSPS) is 11.2. The summed E-state index contributed by atoms with van der Waals surface area (Å²) in [4.78, 5) is 14.1. The SMILES string of the molecule is C[NH2+]C(=O)OC(=N)c1cnc(C(F)(F)F)c(Br)c1. The second-order valence-corrected chi connectivity index (χ2v) is 3.95. The lowest BCUT2D eigenvalue weighted by molar-refractivity contribution is -0.536. The predicted octanol–water partition coefficient (Wildman–Crippen LogP) is 1.52. The maximum Gasteiger partial charge on any atom is 0.519 e. The van der Waals surface area contributed by atoms with E-state index in [-0.39, 0.29) is 10.0 Å². The largest absolute Gasteiger partial charge is 0.519 e. The number of nitrogens with two attached hydrogens (primary N) is 1. The number of nitrogens with one attached hydrogen (secondary N) is 1. The summed E-state index contributed by atoms with van der Waals surface area (Å²) in [6, 6.07) is 1.01. The minimum absolute atomic E-state index is 0.0370. The third kappa shape index (κ3) is 3.50. The molecule has 9 heteroatoms. The third-order valence-corrected chi connectivity index (χ3v) is 2.41. The number of amides is 1. The molecule has 1 aromatic heterocycles. The number of primary amides is 1. The Labute approximate surface area is 108 Å². The van der Waals surface area contributed by atoms with E-state index >= 15 is 0 Å². The Bertz CT molecular complexity index is 490. The number of nitrogens with zero attached hydrogens (tertiary/aromatic N) is 1. The van der Waals surface area contributed by atoms with Gasteiger partial charge in [0.2, 0.25) is 5.90 Å². The van der Waals surface area contributed by atoms with Gasteiger partial charge in [-0.2, -0.15) is 18.0 Å². The molecule has 5 nitrogen and oxygen atoms in total. The van der Waals surface area contributed by atoms with Crippen molar-refractivity contribution in [3.05, 3.63) is 28.0 Å². The van der Waals surface area contributed by atoms with Gasteiger partial charge in [-0.05, 0) is 22.0 Å². The van der Waals surface area contributed by atoms with Crippen LogP contribution in [0.3, 0.4) is 0 Å². The van der Waals surface area contributed by atoms with Gasteiger partial charge in [-0.1, -0.05) is 0 Å². The van der Waals surface area contributed by atoms with E-state index in [4.69, 9.17) is 5.41 Å². The number of quaternary nitrogens is 1. The average Bonchev–Trinajstić information content (AvgIpc) is 2.26. The first-order valence-electron chi connectivity index (χ1n) is 4.58. The second-order valence-electron chi connectivity index (χ2n) is 3.09. The Kier molecular flexibility index (Phi) is 4.41. The van der Waals surface area contributed by atoms with Crippen LogP contribution in [-0.2, 0) is 10.9 Å². The zero-order valence-electron chi connectivity index (χ0n) is 9.01. The molecule has 0 bridgehead atoms. The van der Waals surface area contributed by atoms with Crippen LogP contribution < -0.4 is 5.32 Å². The molecule has 0 saturated heterocycles. The van der Waals surface area contributed by atoms with Gasteiger partial charge in [0.1, 0.15) is 0 Å². The van der Waals surface area contributed by atoms with Crippen LogP contribution in [0.5, 0.6) is 0 Å². The van der Waals surface area contributed by atoms with Crippen LogP contribution in [0.1, 0.15) is 11.3 Å². The number of alkyl halides is 3. The average molecular weight is 327 g/mol. The van der Waals surface area contributed by atoms with Crippen molar-refractivity contribution in [3.63, 3.8) is 0 Å². The van der Waals surface area contributed by atoms with Crippen molar-refractivity contribution >= 4 is 27.9 Å². The maximum absolute atomic E-state index is 12.4. The number of hydrogen-bond acceptors (Lipinski definition) is 4. The lowest BCUT2D eigenvalue weighted by Crippen LogP contribution is -2.84. The highest BCUT2D eigenvalue weighted by Crippen LogP contribution is 2.33. The minimum atomic E-state index is -4.59. The third-order valence-electron chi connectivity index (χ3n) is 1.81. The lowest BCUT2D eigenvalue weighted by atomic mass is 10.2. The molecule has 3 N–H and O–H groups in total. The van der Waals surface area contributed by atoms with Crippen LogP contribution in [0.2, 0.25) is 0 Å². The molecule has 0 spiro atoms. The van der Waals surface area contributed by atoms with Crippen molar-refractivity contribution in [1.82, 2.24) is 4.98 Å². The van der Waals surface area contributed by atoms with Crippen molar-refractivity contribution in [2.24, 2.45) is 0 Å². The van der Waals surface area contributed by atoms with E-state index < -0.39 is 23.9 Å². The number of carbonyl (C=O) groups is 1. The lowest BCUT2D eigenvalue weighted by Gasteiger charge is -2.09. The quantitative estimate of drug-likeness (QED) is 0.606. The van der Waals surface area contributed by atoms with Gasteiger partial charge in [-0.3, -0.25) is 5.41 Å². The molecule has 0 aliphatic carbocycles. The molecule has 0 aliphatic rings. The van der Waals surface area contributed by atoms with Crippen molar-refractivity contribution in [2.45, 2.75) is 6.18 Å². The summed E-state index contributed by atoms with van der Waals surface area (Å²) >= 11 is 2.71. The first kappa shape index (κ1) is 14.6. The molecule has 1 heterocycles. The van der Waals surface area contributed by atoms with Gasteiger partial charge in [0.15, 0.2) is 5.69 Å². The van der Waals surface area contributed by atoms with Gasteiger partial charge in [-0.15, -0.1) is 0 Å². The van der Waals surface area contributed by atoms with E-state index in [0.29, 0.717) is 0 Å². The molecule has 0 unspecified atom stereocenters. The van der Waals surface area contributed by atoms with Crippen LogP contribution in [-0.4, -0.2) is 24.0 Å². The molecule has 0 aliphatic heterocycles. The zero-order valence-corrected chi connectivity index (χ0v) is 10.6. The fourth-order valence-corrected chi connectivity index (χ4v) is 1.56. The molecule has 18 heavy (non-hydrogen) atoms. The highest BCUT2D eigenvalue weighted by Gasteiger charge is 2.35. The Balaban J connectivity index is 2.98. The van der Waals surface area contributed by atoms with Gasteiger partial charge in [0, 0.05) is 10.7 Å². The Hall–Kier alpha value is -1.48. The van der Waals surface area contributed by atoms with E-state index in [1.54, 1.807) is 0 Å². The molecule has 0 fully saturated rings. The Morgan fingerprint density at radius 3 is 2.61 bits per heavy atom. The van der Waals surface area contributed by atoms with E-state index in [2.05, 4.69) is 25.7 Å². The van der Waals surface area contributed by atoms with Crippen molar-refractivity contribution in [1.29, 1.82) is 5.41 Å². The summed E-state index contributed by atoms with van der Waals surface area (Å²) in [5.74, 6) is -0.569. The number of halogens is 4. The predicted molar refractivity (Wildman–Crippen MR) is 58.1 cm³/mol. The van der Waals surface area contributed by atoms with Crippen LogP contribution in [0, 0.1) is 5.41 Å². The number of carbonyl (C=O) groups excluding carboxylic acids is 1. The summed E-state index contributed by atoms with van der Waals surface area (Å²) in [6.07, 6.45) is -4.54. The summed E-state index contributed by atoms with van der Waals surface area (Å²) in [7, 11) is 1.41. The molecular weight excluding hydrogens is 319 g/mol. The van der Waals surface area contributed by atoms with E-state index in [1.807, 2.05) is 0 Å². The van der Waals surface area contributed by atoms with E-state index in [9.17, 15) is 18.0 Å². The highest BCUT2D eigenvalue weighted by molar-refractivity contribution is 9.10. The van der Waals surface area contributed by atoms with Crippen LogP contribution in [0.25, 0.3) is 0 Å². The summed E-state index contributed by atoms with van der Waals surface area (Å²) in [6.45, 7) is 0. The fraction of sp³-hybridized carbons (Fsp3) is 0.222. The number of pyridine rings is 1.